The summed E-state index contributed by atoms with van der Waals surface area (Å²) in [5.74, 6) is 0.468. The van der Waals surface area contributed by atoms with Gasteiger partial charge in [0.15, 0.2) is 0 Å². The van der Waals surface area contributed by atoms with E-state index < -0.39 is 0 Å². The van der Waals surface area contributed by atoms with Crippen molar-refractivity contribution in [1.29, 1.82) is 0 Å². The zero-order valence-electron chi connectivity index (χ0n) is 11.1. The molecule has 4 heteroatoms. The Morgan fingerprint density at radius 2 is 2.17 bits per heavy atom. The molecule has 0 heterocycles. The first-order chi connectivity index (χ1) is 8.52. The predicted molar refractivity (Wildman–Crippen MR) is 76.9 cm³/mol. The lowest BCUT2D eigenvalue weighted by atomic mass is 10.1. The predicted octanol–water partition coefficient (Wildman–Crippen LogP) is 3.16. The highest BCUT2D eigenvalue weighted by Crippen LogP contribution is 2.19. The molecule has 0 saturated carbocycles. The van der Waals surface area contributed by atoms with E-state index in [0.717, 1.165) is 16.6 Å². The van der Waals surface area contributed by atoms with Gasteiger partial charge in [0.25, 0.3) is 5.91 Å². The molecule has 1 amide bonds. The fourth-order valence-corrected chi connectivity index (χ4v) is 1.87. The number of carbonyl (C=O) groups excluding carboxylic acids is 1. The number of carbonyl (C=O) groups is 1. The second kappa shape index (κ2) is 7.54. The summed E-state index contributed by atoms with van der Waals surface area (Å²) in [5.41, 5.74) is 1.66. The summed E-state index contributed by atoms with van der Waals surface area (Å²) >= 11 is 3.42. The first-order valence-corrected chi connectivity index (χ1v) is 6.92. The van der Waals surface area contributed by atoms with Crippen molar-refractivity contribution in [3.05, 3.63) is 33.8 Å². The number of hydrogen-bond acceptors (Lipinski definition) is 2. The van der Waals surface area contributed by atoms with Gasteiger partial charge in [-0.1, -0.05) is 35.8 Å². The maximum atomic E-state index is 11.9. The number of benzene rings is 1. The number of rotatable bonds is 6. The average molecular weight is 314 g/mol. The molecular formula is C14H20BrNO2. The molecule has 18 heavy (non-hydrogen) atoms. The SMILES string of the molecule is Cc1c(Br)cccc1C(=O)NCCOCC(C)C. The van der Waals surface area contributed by atoms with Crippen molar-refractivity contribution in [2.45, 2.75) is 20.8 Å². The fraction of sp³-hybridized carbons (Fsp3) is 0.500. The number of nitrogens with one attached hydrogen (secondary N) is 1. The first-order valence-electron chi connectivity index (χ1n) is 6.13. The molecule has 0 aliphatic carbocycles. The Labute approximate surface area is 117 Å². The van der Waals surface area contributed by atoms with Crippen LogP contribution in [0.25, 0.3) is 0 Å². The van der Waals surface area contributed by atoms with Crippen LogP contribution in [0.3, 0.4) is 0 Å². The Balaban J connectivity index is 2.39. The van der Waals surface area contributed by atoms with Crippen LogP contribution in [0.2, 0.25) is 0 Å². The van der Waals surface area contributed by atoms with Gasteiger partial charge in [0, 0.05) is 23.2 Å². The molecule has 0 aliphatic heterocycles. The lowest BCUT2D eigenvalue weighted by Crippen LogP contribution is -2.28. The van der Waals surface area contributed by atoms with Crippen molar-refractivity contribution in [1.82, 2.24) is 5.32 Å². The molecule has 0 fully saturated rings. The monoisotopic (exact) mass is 313 g/mol. The van der Waals surface area contributed by atoms with E-state index in [9.17, 15) is 4.79 Å². The molecule has 0 aromatic heterocycles. The molecule has 1 aromatic carbocycles. The molecule has 1 N–H and O–H groups in total. The molecule has 0 atom stereocenters. The summed E-state index contributed by atoms with van der Waals surface area (Å²) in [6.45, 7) is 7.95. The van der Waals surface area contributed by atoms with Crippen molar-refractivity contribution < 1.29 is 9.53 Å². The Hall–Kier alpha value is -0.870. The third kappa shape index (κ3) is 4.78. The lowest BCUT2D eigenvalue weighted by molar-refractivity contribution is 0.0885. The quantitative estimate of drug-likeness (QED) is 0.819. The van der Waals surface area contributed by atoms with Gasteiger partial charge in [-0.2, -0.15) is 0 Å². The Morgan fingerprint density at radius 3 is 2.83 bits per heavy atom. The van der Waals surface area contributed by atoms with Gasteiger partial charge in [-0.15, -0.1) is 0 Å². The van der Waals surface area contributed by atoms with Crippen molar-refractivity contribution in [3.8, 4) is 0 Å². The molecule has 1 aromatic rings. The largest absolute Gasteiger partial charge is 0.379 e. The number of amides is 1. The van der Waals surface area contributed by atoms with Crippen molar-refractivity contribution in [2.75, 3.05) is 19.8 Å². The van der Waals surface area contributed by atoms with Gasteiger partial charge < -0.3 is 10.1 Å². The molecule has 0 unspecified atom stereocenters. The maximum absolute atomic E-state index is 11.9. The first kappa shape index (κ1) is 15.2. The second-order valence-corrected chi connectivity index (χ2v) is 5.49. The summed E-state index contributed by atoms with van der Waals surface area (Å²) in [5, 5.41) is 2.86. The fourth-order valence-electron chi connectivity index (χ4n) is 1.50. The van der Waals surface area contributed by atoms with Crippen molar-refractivity contribution in [3.63, 3.8) is 0 Å². The molecule has 0 bridgehead atoms. The number of hydrogen-bond donors (Lipinski definition) is 1. The van der Waals surface area contributed by atoms with Crippen LogP contribution >= 0.6 is 15.9 Å². The third-order valence-electron chi connectivity index (χ3n) is 2.50. The molecule has 3 nitrogen and oxygen atoms in total. The highest BCUT2D eigenvalue weighted by atomic mass is 79.9. The van der Waals surface area contributed by atoms with E-state index in [1.165, 1.54) is 0 Å². The minimum Gasteiger partial charge on any atom is -0.379 e. The van der Waals surface area contributed by atoms with E-state index >= 15 is 0 Å². The van der Waals surface area contributed by atoms with Crippen LogP contribution in [0.5, 0.6) is 0 Å². The summed E-state index contributed by atoms with van der Waals surface area (Å²) in [7, 11) is 0. The standard InChI is InChI=1S/C14H20BrNO2/c1-10(2)9-18-8-7-16-14(17)12-5-4-6-13(15)11(12)3/h4-6,10H,7-9H2,1-3H3,(H,16,17). The molecule has 0 spiro atoms. The highest BCUT2D eigenvalue weighted by molar-refractivity contribution is 9.10. The Kier molecular flexibility index (Phi) is 6.36. The average Bonchev–Trinajstić information content (AvgIpc) is 2.31. The topological polar surface area (TPSA) is 38.3 Å². The summed E-state index contributed by atoms with van der Waals surface area (Å²) in [6.07, 6.45) is 0. The van der Waals surface area contributed by atoms with Crippen LogP contribution < -0.4 is 5.32 Å². The van der Waals surface area contributed by atoms with Crippen LogP contribution in [0.1, 0.15) is 29.8 Å². The zero-order valence-corrected chi connectivity index (χ0v) is 12.7. The van der Waals surface area contributed by atoms with Gasteiger partial charge >= 0.3 is 0 Å². The highest BCUT2D eigenvalue weighted by Gasteiger charge is 2.09. The van der Waals surface area contributed by atoms with Gasteiger partial charge in [0.2, 0.25) is 0 Å². The van der Waals surface area contributed by atoms with E-state index in [2.05, 4.69) is 35.1 Å². The Bertz CT molecular complexity index is 405. The van der Waals surface area contributed by atoms with Crippen molar-refractivity contribution >= 4 is 21.8 Å². The van der Waals surface area contributed by atoms with E-state index in [4.69, 9.17) is 4.74 Å². The van der Waals surface area contributed by atoms with Crippen LogP contribution in [0.4, 0.5) is 0 Å². The van der Waals surface area contributed by atoms with Crippen LogP contribution in [0, 0.1) is 12.8 Å². The molecule has 100 valence electrons. The molecule has 0 radical (unpaired) electrons. The summed E-state index contributed by atoms with van der Waals surface area (Å²) < 4.78 is 6.36. The van der Waals surface area contributed by atoms with Crippen LogP contribution in [-0.4, -0.2) is 25.7 Å². The van der Waals surface area contributed by atoms with E-state index in [1.807, 2.05) is 25.1 Å². The zero-order chi connectivity index (χ0) is 13.5. The van der Waals surface area contributed by atoms with Crippen LogP contribution in [0.15, 0.2) is 22.7 Å². The summed E-state index contributed by atoms with van der Waals surface area (Å²) in [6, 6.07) is 5.61. The smallest absolute Gasteiger partial charge is 0.251 e. The number of halogens is 1. The normalized spacial score (nSPS) is 10.7. The van der Waals surface area contributed by atoms with E-state index in [0.29, 0.717) is 24.6 Å². The van der Waals surface area contributed by atoms with Gasteiger partial charge in [0.1, 0.15) is 0 Å². The van der Waals surface area contributed by atoms with E-state index in [-0.39, 0.29) is 5.91 Å². The molecule has 1 rings (SSSR count). The van der Waals surface area contributed by atoms with Gasteiger partial charge in [-0.3, -0.25) is 4.79 Å². The van der Waals surface area contributed by atoms with Gasteiger partial charge in [-0.05, 0) is 30.5 Å². The summed E-state index contributed by atoms with van der Waals surface area (Å²) in [4.78, 5) is 11.9. The lowest BCUT2D eigenvalue weighted by Gasteiger charge is -2.10. The molecule has 0 saturated heterocycles. The Morgan fingerprint density at radius 1 is 1.44 bits per heavy atom. The van der Waals surface area contributed by atoms with Gasteiger partial charge in [0.05, 0.1) is 6.61 Å². The molecule has 0 aliphatic rings. The second-order valence-electron chi connectivity index (χ2n) is 4.64. The van der Waals surface area contributed by atoms with E-state index in [1.54, 1.807) is 0 Å². The van der Waals surface area contributed by atoms with Crippen molar-refractivity contribution in [2.24, 2.45) is 5.92 Å². The number of ether oxygens (including phenoxy) is 1. The maximum Gasteiger partial charge on any atom is 0.251 e. The van der Waals surface area contributed by atoms with Crippen LogP contribution in [-0.2, 0) is 4.74 Å². The molecular weight excluding hydrogens is 294 g/mol. The third-order valence-corrected chi connectivity index (χ3v) is 3.35. The minimum atomic E-state index is -0.0538. The minimum absolute atomic E-state index is 0.0538. The van der Waals surface area contributed by atoms with Gasteiger partial charge in [-0.25, -0.2) is 0 Å².